The molecule has 0 spiro atoms. The molecule has 0 amide bonds. The molecule has 2 rings (SSSR count). The predicted octanol–water partition coefficient (Wildman–Crippen LogP) is 3.61. The van der Waals surface area contributed by atoms with Crippen molar-refractivity contribution >= 4 is 40.8 Å². The SMILES string of the molecule is CCOC(=O)C(Cc1csc(Cc2ccc(Cl)cc2)n1)(C(=O)OCC)C(=O)OCC. The predicted molar refractivity (Wildman–Crippen MR) is 112 cm³/mol. The molecule has 0 saturated heterocycles. The number of halogens is 1. The minimum absolute atomic E-state index is 0.00171. The molecule has 0 bridgehead atoms. The lowest BCUT2D eigenvalue weighted by Crippen LogP contribution is -2.51. The van der Waals surface area contributed by atoms with Crippen LogP contribution >= 0.6 is 22.9 Å². The smallest absolute Gasteiger partial charge is 0.335 e. The number of esters is 3. The second-order valence-corrected chi connectivity index (χ2v) is 7.66. The maximum absolute atomic E-state index is 12.8. The van der Waals surface area contributed by atoms with Gasteiger partial charge in [0.15, 0.2) is 0 Å². The molecule has 0 unspecified atom stereocenters. The first-order chi connectivity index (χ1) is 14.4. The van der Waals surface area contributed by atoms with E-state index in [0.29, 0.717) is 17.1 Å². The van der Waals surface area contributed by atoms with Crippen molar-refractivity contribution < 1.29 is 28.6 Å². The minimum atomic E-state index is -2.26. The van der Waals surface area contributed by atoms with Crippen LogP contribution in [0.25, 0.3) is 0 Å². The van der Waals surface area contributed by atoms with Crippen LogP contribution in [0.3, 0.4) is 0 Å². The molecule has 0 radical (unpaired) electrons. The maximum Gasteiger partial charge on any atom is 0.335 e. The molecule has 7 nitrogen and oxygen atoms in total. The van der Waals surface area contributed by atoms with E-state index in [9.17, 15) is 14.4 Å². The zero-order chi connectivity index (χ0) is 22.1. The molecular formula is C21H24ClNO6S. The molecule has 1 aromatic carbocycles. The van der Waals surface area contributed by atoms with Gasteiger partial charge >= 0.3 is 17.9 Å². The lowest BCUT2D eigenvalue weighted by molar-refractivity contribution is -0.183. The highest BCUT2D eigenvalue weighted by Gasteiger charge is 2.57. The lowest BCUT2D eigenvalue weighted by Gasteiger charge is -2.26. The molecule has 9 heteroatoms. The van der Waals surface area contributed by atoms with Crippen LogP contribution in [-0.4, -0.2) is 42.7 Å². The molecule has 0 N–H and O–H groups in total. The third kappa shape index (κ3) is 5.58. The molecule has 0 saturated carbocycles. The van der Waals surface area contributed by atoms with E-state index in [4.69, 9.17) is 25.8 Å². The molecule has 0 aliphatic rings. The fourth-order valence-corrected chi connectivity index (χ4v) is 3.74. The van der Waals surface area contributed by atoms with Gasteiger partial charge in [0, 0.05) is 23.2 Å². The highest BCUT2D eigenvalue weighted by atomic mass is 35.5. The van der Waals surface area contributed by atoms with Gasteiger partial charge in [0.1, 0.15) is 0 Å². The largest absolute Gasteiger partial charge is 0.465 e. The average Bonchev–Trinajstić information content (AvgIpc) is 3.15. The van der Waals surface area contributed by atoms with E-state index in [-0.39, 0.29) is 26.2 Å². The Labute approximate surface area is 184 Å². The van der Waals surface area contributed by atoms with Gasteiger partial charge in [-0.2, -0.15) is 0 Å². The quantitative estimate of drug-likeness (QED) is 0.308. The fraction of sp³-hybridized carbons (Fsp3) is 0.429. The van der Waals surface area contributed by atoms with Crippen LogP contribution in [0.1, 0.15) is 37.0 Å². The van der Waals surface area contributed by atoms with Crippen molar-refractivity contribution in [2.45, 2.75) is 33.6 Å². The Hall–Kier alpha value is -2.45. The lowest BCUT2D eigenvalue weighted by atomic mass is 9.83. The molecule has 2 aromatic rings. The van der Waals surface area contributed by atoms with Gasteiger partial charge in [-0.25, -0.2) is 4.98 Å². The molecule has 1 aromatic heterocycles. The summed E-state index contributed by atoms with van der Waals surface area (Å²) < 4.78 is 15.2. The molecule has 0 aliphatic heterocycles. The van der Waals surface area contributed by atoms with Gasteiger partial charge in [-0.15, -0.1) is 11.3 Å². The van der Waals surface area contributed by atoms with E-state index in [1.807, 2.05) is 12.1 Å². The van der Waals surface area contributed by atoms with Crippen molar-refractivity contribution in [3.05, 3.63) is 50.9 Å². The van der Waals surface area contributed by atoms with E-state index in [0.717, 1.165) is 10.6 Å². The second kappa shape index (κ2) is 11.1. The average molecular weight is 454 g/mol. The van der Waals surface area contributed by atoms with Crippen molar-refractivity contribution in [3.8, 4) is 0 Å². The summed E-state index contributed by atoms with van der Waals surface area (Å²) in [6.45, 7) is 4.76. The van der Waals surface area contributed by atoms with Crippen LogP contribution in [0.5, 0.6) is 0 Å². The Morgan fingerprint density at radius 3 is 1.90 bits per heavy atom. The van der Waals surface area contributed by atoms with Crippen molar-refractivity contribution in [3.63, 3.8) is 0 Å². The molecule has 0 aliphatic carbocycles. The standard InChI is InChI=1S/C21H24ClNO6S/c1-4-27-18(24)21(19(25)28-5-2,20(26)29-6-3)12-16-13-30-17(23-16)11-14-7-9-15(22)10-8-14/h7-10,13H,4-6,11-12H2,1-3H3. The van der Waals surface area contributed by atoms with Crippen molar-refractivity contribution in [1.29, 1.82) is 0 Å². The number of benzene rings is 1. The third-order valence-electron chi connectivity index (χ3n) is 4.19. The zero-order valence-corrected chi connectivity index (χ0v) is 18.7. The van der Waals surface area contributed by atoms with Gasteiger partial charge < -0.3 is 14.2 Å². The van der Waals surface area contributed by atoms with E-state index in [1.54, 1.807) is 38.3 Å². The first kappa shape index (κ1) is 23.8. The Balaban J connectivity index is 2.35. The molecule has 1 heterocycles. The number of nitrogens with zero attached hydrogens (tertiary/aromatic N) is 1. The van der Waals surface area contributed by atoms with E-state index >= 15 is 0 Å². The van der Waals surface area contributed by atoms with E-state index in [1.165, 1.54) is 11.3 Å². The summed E-state index contributed by atoms with van der Waals surface area (Å²) in [5.41, 5.74) is -0.848. The summed E-state index contributed by atoms with van der Waals surface area (Å²) in [5, 5.41) is 3.11. The van der Waals surface area contributed by atoms with E-state index in [2.05, 4.69) is 4.98 Å². The van der Waals surface area contributed by atoms with Gasteiger partial charge in [0.2, 0.25) is 0 Å². The second-order valence-electron chi connectivity index (χ2n) is 6.28. The summed E-state index contributed by atoms with van der Waals surface area (Å²) in [6, 6.07) is 7.37. The van der Waals surface area contributed by atoms with Crippen molar-refractivity contribution in [2.75, 3.05) is 19.8 Å². The third-order valence-corrected chi connectivity index (χ3v) is 5.34. The molecule has 162 valence electrons. The Morgan fingerprint density at radius 1 is 0.933 bits per heavy atom. The summed E-state index contributed by atoms with van der Waals surface area (Å²) in [4.78, 5) is 42.8. The summed E-state index contributed by atoms with van der Waals surface area (Å²) >= 11 is 7.28. The van der Waals surface area contributed by atoms with Crippen LogP contribution in [0.4, 0.5) is 0 Å². The number of hydrogen-bond acceptors (Lipinski definition) is 8. The van der Waals surface area contributed by atoms with Crippen molar-refractivity contribution in [1.82, 2.24) is 4.98 Å². The number of thiazole rings is 1. The number of carbonyl (C=O) groups is 3. The van der Waals surface area contributed by atoms with Crippen molar-refractivity contribution in [2.24, 2.45) is 5.41 Å². The number of hydrogen-bond donors (Lipinski definition) is 0. The monoisotopic (exact) mass is 453 g/mol. The Bertz CT molecular complexity index is 834. The van der Waals surface area contributed by atoms with Gasteiger partial charge in [0.05, 0.1) is 30.5 Å². The number of rotatable bonds is 10. The molecular weight excluding hydrogens is 430 g/mol. The molecule has 0 atom stereocenters. The van der Waals surface area contributed by atoms with Gasteiger partial charge in [-0.1, -0.05) is 23.7 Å². The number of carbonyl (C=O) groups excluding carboxylic acids is 3. The highest BCUT2D eigenvalue weighted by molar-refractivity contribution is 7.09. The van der Waals surface area contributed by atoms with Gasteiger partial charge in [0.25, 0.3) is 5.41 Å². The van der Waals surface area contributed by atoms with Crippen LogP contribution in [-0.2, 0) is 41.4 Å². The first-order valence-electron chi connectivity index (χ1n) is 9.56. The zero-order valence-electron chi connectivity index (χ0n) is 17.1. The summed E-state index contributed by atoms with van der Waals surface area (Å²) in [5.74, 6) is -3.02. The fourth-order valence-electron chi connectivity index (χ4n) is 2.79. The number of aromatic nitrogens is 1. The minimum Gasteiger partial charge on any atom is -0.465 e. The van der Waals surface area contributed by atoms with Crippen LogP contribution in [0.2, 0.25) is 5.02 Å². The van der Waals surface area contributed by atoms with E-state index < -0.39 is 23.3 Å². The van der Waals surface area contributed by atoms with Crippen LogP contribution in [0, 0.1) is 5.41 Å². The maximum atomic E-state index is 12.8. The Kier molecular flexibility index (Phi) is 8.80. The number of ether oxygens (including phenoxy) is 3. The molecule has 30 heavy (non-hydrogen) atoms. The topological polar surface area (TPSA) is 91.8 Å². The van der Waals surface area contributed by atoms with Gasteiger partial charge in [-0.3, -0.25) is 14.4 Å². The summed E-state index contributed by atoms with van der Waals surface area (Å²) in [6.07, 6.45) is 0.244. The van der Waals surface area contributed by atoms with Gasteiger partial charge in [-0.05, 0) is 38.5 Å². The summed E-state index contributed by atoms with van der Waals surface area (Å²) in [7, 11) is 0. The highest BCUT2D eigenvalue weighted by Crippen LogP contribution is 2.30. The Morgan fingerprint density at radius 2 is 1.43 bits per heavy atom. The van der Waals surface area contributed by atoms with Crippen LogP contribution in [0.15, 0.2) is 29.6 Å². The normalized spacial score (nSPS) is 11.1. The molecule has 0 fully saturated rings. The first-order valence-corrected chi connectivity index (χ1v) is 10.8. The van der Waals surface area contributed by atoms with Crippen LogP contribution < -0.4 is 0 Å².